The van der Waals surface area contributed by atoms with E-state index in [-0.39, 0.29) is 0 Å². The molecule has 0 atom stereocenters. The minimum atomic E-state index is 0.750. The zero-order valence-corrected chi connectivity index (χ0v) is 12.7. The van der Waals surface area contributed by atoms with E-state index in [0.717, 1.165) is 49.0 Å². The van der Waals surface area contributed by atoms with E-state index in [1.165, 1.54) is 5.52 Å². The Hall–Kier alpha value is -1.06. The maximum Gasteiger partial charge on any atom is 0.106 e. The second-order valence-corrected chi connectivity index (χ2v) is 5.26. The third kappa shape index (κ3) is 3.28. The topological polar surface area (TPSA) is 21.1 Å². The Morgan fingerprint density at radius 3 is 2.68 bits per heavy atom. The smallest absolute Gasteiger partial charge is 0.106 e. The Kier molecular flexibility index (Phi) is 4.83. The lowest BCUT2D eigenvalue weighted by molar-refractivity contribution is 0.293. The van der Waals surface area contributed by atoms with Crippen LogP contribution in [0.2, 0.25) is 5.02 Å². The van der Waals surface area contributed by atoms with E-state index in [1.54, 1.807) is 0 Å². The minimum Gasteiger partial charge on any atom is -0.328 e. The van der Waals surface area contributed by atoms with Crippen LogP contribution >= 0.6 is 11.6 Å². The van der Waals surface area contributed by atoms with Gasteiger partial charge >= 0.3 is 0 Å². The zero-order chi connectivity index (χ0) is 13.8. The van der Waals surface area contributed by atoms with Gasteiger partial charge in [0.2, 0.25) is 0 Å². The van der Waals surface area contributed by atoms with E-state index in [1.807, 2.05) is 12.1 Å². The molecule has 0 aliphatic rings. The number of nitrogens with zero attached hydrogens (tertiary/aromatic N) is 3. The molecule has 3 nitrogen and oxygen atoms in total. The monoisotopic (exact) mass is 279 g/mol. The molecule has 0 aliphatic carbocycles. The van der Waals surface area contributed by atoms with Crippen molar-refractivity contribution in [3.05, 3.63) is 29.0 Å². The number of fused-ring (bicyclic) bond motifs is 1. The predicted molar refractivity (Wildman–Crippen MR) is 81.9 cm³/mol. The molecule has 104 valence electrons. The molecule has 0 saturated carbocycles. The van der Waals surface area contributed by atoms with Gasteiger partial charge in [0.05, 0.1) is 11.0 Å². The van der Waals surface area contributed by atoms with Gasteiger partial charge in [-0.2, -0.15) is 0 Å². The number of imidazole rings is 1. The molecule has 0 saturated heterocycles. The number of aromatic nitrogens is 2. The molecule has 0 aliphatic heterocycles. The van der Waals surface area contributed by atoms with Gasteiger partial charge in [0.1, 0.15) is 5.82 Å². The number of rotatable bonds is 6. The minimum absolute atomic E-state index is 0.750. The summed E-state index contributed by atoms with van der Waals surface area (Å²) >= 11 is 6.01. The molecule has 0 radical (unpaired) electrons. The lowest BCUT2D eigenvalue weighted by Gasteiger charge is -2.18. The quantitative estimate of drug-likeness (QED) is 0.803. The van der Waals surface area contributed by atoms with Gasteiger partial charge in [-0.25, -0.2) is 4.98 Å². The Morgan fingerprint density at radius 1 is 1.26 bits per heavy atom. The predicted octanol–water partition coefficient (Wildman–Crippen LogP) is 3.73. The van der Waals surface area contributed by atoms with Crippen LogP contribution in [0, 0.1) is 6.92 Å². The summed E-state index contributed by atoms with van der Waals surface area (Å²) in [6, 6.07) is 5.94. The number of aryl methyl sites for hydroxylation is 2. The Bertz CT molecular complexity index is 544. The molecule has 4 heteroatoms. The average molecular weight is 280 g/mol. The van der Waals surface area contributed by atoms with Crippen LogP contribution in [-0.4, -0.2) is 34.1 Å². The van der Waals surface area contributed by atoms with E-state index < -0.39 is 0 Å². The molecule has 0 unspecified atom stereocenters. The van der Waals surface area contributed by atoms with Gasteiger partial charge in [-0.1, -0.05) is 25.4 Å². The fraction of sp³-hybridized carbons (Fsp3) is 0.533. The summed E-state index contributed by atoms with van der Waals surface area (Å²) in [6.07, 6.45) is 1.15. The van der Waals surface area contributed by atoms with Gasteiger partial charge in [0.25, 0.3) is 0 Å². The first-order valence-electron chi connectivity index (χ1n) is 7.00. The molecule has 0 amide bonds. The standard InChI is InChI=1S/C15H22ClN3/c1-4-18(5-2)9-6-10-19-12(3)17-14-11-13(16)7-8-15(14)19/h7-8,11H,4-6,9-10H2,1-3H3. The summed E-state index contributed by atoms with van der Waals surface area (Å²) in [5.74, 6) is 1.07. The molecule has 0 fully saturated rings. The van der Waals surface area contributed by atoms with Crippen LogP contribution in [0.4, 0.5) is 0 Å². The van der Waals surface area contributed by atoms with E-state index in [9.17, 15) is 0 Å². The summed E-state index contributed by atoms with van der Waals surface area (Å²) in [6.45, 7) is 10.9. The number of halogens is 1. The fourth-order valence-corrected chi connectivity index (χ4v) is 2.66. The van der Waals surface area contributed by atoms with Gasteiger partial charge in [-0.3, -0.25) is 0 Å². The van der Waals surface area contributed by atoms with Crippen LogP contribution in [0.25, 0.3) is 11.0 Å². The van der Waals surface area contributed by atoms with Gasteiger partial charge in [-0.15, -0.1) is 0 Å². The first kappa shape index (κ1) is 14.4. The van der Waals surface area contributed by atoms with Crippen molar-refractivity contribution in [3.63, 3.8) is 0 Å². The van der Waals surface area contributed by atoms with Crippen LogP contribution in [0.5, 0.6) is 0 Å². The number of hydrogen-bond donors (Lipinski definition) is 0. The van der Waals surface area contributed by atoms with Crippen molar-refractivity contribution in [1.29, 1.82) is 0 Å². The first-order chi connectivity index (χ1) is 9.15. The Morgan fingerprint density at radius 2 is 2.00 bits per heavy atom. The van der Waals surface area contributed by atoms with Crippen molar-refractivity contribution in [3.8, 4) is 0 Å². The second kappa shape index (κ2) is 6.40. The molecule has 2 rings (SSSR count). The van der Waals surface area contributed by atoms with Crippen molar-refractivity contribution in [2.24, 2.45) is 0 Å². The van der Waals surface area contributed by atoms with Gasteiger partial charge < -0.3 is 9.47 Å². The zero-order valence-electron chi connectivity index (χ0n) is 12.0. The van der Waals surface area contributed by atoms with E-state index in [4.69, 9.17) is 11.6 Å². The second-order valence-electron chi connectivity index (χ2n) is 4.82. The van der Waals surface area contributed by atoms with Crippen molar-refractivity contribution in [2.75, 3.05) is 19.6 Å². The molecule has 1 heterocycles. The van der Waals surface area contributed by atoms with E-state index in [0.29, 0.717) is 0 Å². The molecule has 1 aromatic heterocycles. The number of benzene rings is 1. The average Bonchev–Trinajstić information content (AvgIpc) is 2.70. The lowest BCUT2D eigenvalue weighted by atomic mass is 10.3. The molecule has 0 spiro atoms. The highest BCUT2D eigenvalue weighted by molar-refractivity contribution is 6.31. The highest BCUT2D eigenvalue weighted by Gasteiger charge is 2.08. The first-order valence-corrected chi connectivity index (χ1v) is 7.38. The number of hydrogen-bond acceptors (Lipinski definition) is 2. The van der Waals surface area contributed by atoms with Crippen molar-refractivity contribution < 1.29 is 0 Å². The molecule has 1 aromatic carbocycles. The summed E-state index contributed by atoms with van der Waals surface area (Å²) in [5.41, 5.74) is 2.18. The normalized spacial score (nSPS) is 11.6. The molecule has 0 bridgehead atoms. The van der Waals surface area contributed by atoms with Crippen LogP contribution in [0.15, 0.2) is 18.2 Å². The van der Waals surface area contributed by atoms with E-state index in [2.05, 4.69) is 41.3 Å². The highest BCUT2D eigenvalue weighted by atomic mass is 35.5. The summed E-state index contributed by atoms with van der Waals surface area (Å²) in [4.78, 5) is 7.03. The van der Waals surface area contributed by atoms with Crippen molar-refractivity contribution in [1.82, 2.24) is 14.5 Å². The third-order valence-corrected chi connectivity index (χ3v) is 3.89. The van der Waals surface area contributed by atoms with Gasteiger partial charge in [0.15, 0.2) is 0 Å². The largest absolute Gasteiger partial charge is 0.328 e. The third-order valence-electron chi connectivity index (χ3n) is 3.65. The van der Waals surface area contributed by atoms with Gasteiger partial charge in [-0.05, 0) is 51.2 Å². The molecular formula is C15H22ClN3. The van der Waals surface area contributed by atoms with E-state index >= 15 is 0 Å². The molecule has 0 N–H and O–H groups in total. The SMILES string of the molecule is CCN(CC)CCCn1c(C)nc2cc(Cl)ccc21. The fourth-order valence-electron chi connectivity index (χ4n) is 2.50. The molecule has 2 aromatic rings. The van der Waals surface area contributed by atoms with Crippen molar-refractivity contribution >= 4 is 22.6 Å². The van der Waals surface area contributed by atoms with Crippen LogP contribution in [0.1, 0.15) is 26.1 Å². The van der Waals surface area contributed by atoms with Crippen LogP contribution in [0.3, 0.4) is 0 Å². The maximum absolute atomic E-state index is 6.01. The maximum atomic E-state index is 6.01. The highest BCUT2D eigenvalue weighted by Crippen LogP contribution is 2.20. The molecule has 19 heavy (non-hydrogen) atoms. The summed E-state index contributed by atoms with van der Waals surface area (Å²) < 4.78 is 2.29. The van der Waals surface area contributed by atoms with Gasteiger partial charge in [0, 0.05) is 11.6 Å². The lowest BCUT2D eigenvalue weighted by Crippen LogP contribution is -2.24. The van der Waals surface area contributed by atoms with Crippen LogP contribution in [-0.2, 0) is 6.54 Å². The summed E-state index contributed by atoms with van der Waals surface area (Å²) in [7, 11) is 0. The Balaban J connectivity index is 2.10. The Labute approximate surface area is 120 Å². The van der Waals surface area contributed by atoms with Crippen LogP contribution < -0.4 is 0 Å². The van der Waals surface area contributed by atoms with Crippen molar-refractivity contribution in [2.45, 2.75) is 33.7 Å². The molecular weight excluding hydrogens is 258 g/mol. The summed E-state index contributed by atoms with van der Waals surface area (Å²) in [5, 5.41) is 0.750.